The average molecular weight is 561 g/mol. The Hall–Kier alpha value is -2.69. The Kier molecular flexibility index (Phi) is 10.3. The zero-order valence-electron chi connectivity index (χ0n) is 21.0. The number of amides is 2. The molecule has 1 unspecified atom stereocenters. The monoisotopic (exact) mass is 559 g/mol. The molecule has 0 saturated carbocycles. The molecule has 0 radical (unpaired) electrons. The molecule has 0 bridgehead atoms. The molecule has 0 spiro atoms. The molecular weight excluding hydrogens is 529 g/mol. The van der Waals surface area contributed by atoms with Crippen LogP contribution < -0.4 is 19.1 Å². The van der Waals surface area contributed by atoms with E-state index in [0.29, 0.717) is 21.4 Å². The van der Waals surface area contributed by atoms with Crippen molar-refractivity contribution >= 4 is 50.7 Å². The van der Waals surface area contributed by atoms with Gasteiger partial charge in [-0.05, 0) is 50.6 Å². The average Bonchev–Trinajstić information content (AvgIpc) is 2.79. The van der Waals surface area contributed by atoms with Crippen molar-refractivity contribution in [1.29, 1.82) is 0 Å². The molecule has 0 aliphatic carbocycles. The van der Waals surface area contributed by atoms with Crippen molar-refractivity contribution in [2.24, 2.45) is 0 Å². The quantitative estimate of drug-likeness (QED) is 0.449. The van der Waals surface area contributed by atoms with E-state index in [2.05, 4.69) is 5.32 Å². The molecule has 198 valence electrons. The number of carbonyl (C=O) groups is 2. The number of nitrogens with one attached hydrogen (secondary N) is 1. The summed E-state index contributed by atoms with van der Waals surface area (Å²) in [7, 11) is -1.12. The Labute approximate surface area is 222 Å². The standard InChI is InChI=1S/C24H31Cl2N3O6S/c1-15(2)27-24(31)16(3)28(13-17-7-8-18(25)11-20(17)26)23(30)14-29(36(6,32)33)21-12-19(34-4)9-10-22(21)35-5/h7-12,15-16H,13-14H2,1-6H3,(H,27,31). The molecule has 2 rings (SSSR count). The fourth-order valence-electron chi connectivity index (χ4n) is 3.41. The van der Waals surface area contributed by atoms with Crippen LogP contribution in [0.25, 0.3) is 0 Å². The summed E-state index contributed by atoms with van der Waals surface area (Å²) in [6.45, 7) is 4.53. The molecule has 0 aromatic heterocycles. The number of rotatable bonds is 11. The Morgan fingerprint density at radius 2 is 1.69 bits per heavy atom. The number of carbonyl (C=O) groups excluding carboxylic acids is 2. The van der Waals surface area contributed by atoms with Gasteiger partial charge in [0.1, 0.15) is 24.1 Å². The molecule has 9 nitrogen and oxygen atoms in total. The van der Waals surface area contributed by atoms with Gasteiger partial charge >= 0.3 is 0 Å². The van der Waals surface area contributed by atoms with Crippen LogP contribution in [0.2, 0.25) is 10.0 Å². The smallest absolute Gasteiger partial charge is 0.244 e. The molecule has 0 heterocycles. The van der Waals surface area contributed by atoms with E-state index >= 15 is 0 Å². The summed E-state index contributed by atoms with van der Waals surface area (Å²) in [6.07, 6.45) is 0.981. The maximum Gasteiger partial charge on any atom is 0.244 e. The first kappa shape index (κ1) is 29.5. The van der Waals surface area contributed by atoms with Crippen molar-refractivity contribution in [1.82, 2.24) is 10.2 Å². The van der Waals surface area contributed by atoms with Gasteiger partial charge in [0.05, 0.1) is 26.2 Å². The highest BCUT2D eigenvalue weighted by molar-refractivity contribution is 7.92. The van der Waals surface area contributed by atoms with Crippen LogP contribution in [-0.4, -0.2) is 64.2 Å². The van der Waals surface area contributed by atoms with Crippen LogP contribution in [0, 0.1) is 0 Å². The Morgan fingerprint density at radius 1 is 1.03 bits per heavy atom. The topological polar surface area (TPSA) is 105 Å². The van der Waals surface area contributed by atoms with Gasteiger partial charge in [-0.3, -0.25) is 13.9 Å². The lowest BCUT2D eigenvalue weighted by Crippen LogP contribution is -2.52. The Morgan fingerprint density at radius 3 is 2.22 bits per heavy atom. The fraction of sp³-hybridized carbons (Fsp3) is 0.417. The van der Waals surface area contributed by atoms with Crippen molar-refractivity contribution < 1.29 is 27.5 Å². The predicted molar refractivity (Wildman–Crippen MR) is 141 cm³/mol. The van der Waals surface area contributed by atoms with E-state index in [1.807, 2.05) is 0 Å². The Bertz CT molecular complexity index is 1210. The summed E-state index contributed by atoms with van der Waals surface area (Å²) in [6, 6.07) is 8.32. The fourth-order valence-corrected chi connectivity index (χ4v) is 4.72. The van der Waals surface area contributed by atoms with E-state index in [1.165, 1.54) is 31.3 Å². The van der Waals surface area contributed by atoms with Crippen LogP contribution in [0.15, 0.2) is 36.4 Å². The van der Waals surface area contributed by atoms with Crippen LogP contribution in [0.4, 0.5) is 5.69 Å². The predicted octanol–water partition coefficient (Wildman–Crippen LogP) is 3.72. The summed E-state index contributed by atoms with van der Waals surface area (Å²) in [5.74, 6) is -0.413. The lowest BCUT2D eigenvalue weighted by molar-refractivity contribution is -0.139. The number of halogens is 2. The van der Waals surface area contributed by atoms with Crippen molar-refractivity contribution in [3.63, 3.8) is 0 Å². The first-order valence-corrected chi connectivity index (χ1v) is 13.6. The van der Waals surface area contributed by atoms with Gasteiger partial charge in [0.25, 0.3) is 0 Å². The number of nitrogens with zero attached hydrogens (tertiary/aromatic N) is 2. The van der Waals surface area contributed by atoms with Crippen LogP contribution in [0.3, 0.4) is 0 Å². The third kappa shape index (κ3) is 7.65. The number of anilines is 1. The molecule has 2 aromatic rings. The first-order valence-electron chi connectivity index (χ1n) is 11.0. The lowest BCUT2D eigenvalue weighted by atomic mass is 10.1. The molecular formula is C24H31Cl2N3O6S. The number of ether oxygens (including phenoxy) is 2. The van der Waals surface area contributed by atoms with Crippen molar-refractivity contribution in [2.45, 2.75) is 39.4 Å². The largest absolute Gasteiger partial charge is 0.497 e. The third-order valence-electron chi connectivity index (χ3n) is 5.29. The van der Waals surface area contributed by atoms with Gasteiger partial charge in [0, 0.05) is 28.7 Å². The van der Waals surface area contributed by atoms with Gasteiger partial charge in [0.2, 0.25) is 21.8 Å². The van der Waals surface area contributed by atoms with Crippen LogP contribution >= 0.6 is 23.2 Å². The van der Waals surface area contributed by atoms with Crippen molar-refractivity contribution in [3.05, 3.63) is 52.0 Å². The number of hydrogen-bond donors (Lipinski definition) is 1. The summed E-state index contributed by atoms with van der Waals surface area (Å²) in [5, 5.41) is 3.51. The van der Waals surface area contributed by atoms with Crippen molar-refractivity contribution in [2.75, 3.05) is 31.3 Å². The minimum Gasteiger partial charge on any atom is -0.497 e. The van der Waals surface area contributed by atoms with Gasteiger partial charge in [-0.2, -0.15) is 0 Å². The van der Waals surface area contributed by atoms with Gasteiger partial charge in [0.15, 0.2) is 0 Å². The SMILES string of the molecule is COc1ccc(OC)c(N(CC(=O)N(Cc2ccc(Cl)cc2Cl)C(C)C(=O)NC(C)C)S(C)(=O)=O)c1. The molecule has 36 heavy (non-hydrogen) atoms. The minimum atomic E-state index is -3.95. The van der Waals surface area contributed by atoms with E-state index in [1.54, 1.807) is 45.0 Å². The number of methoxy groups -OCH3 is 2. The molecule has 2 aromatic carbocycles. The molecule has 0 aliphatic rings. The zero-order chi connectivity index (χ0) is 27.2. The zero-order valence-corrected chi connectivity index (χ0v) is 23.4. The highest BCUT2D eigenvalue weighted by atomic mass is 35.5. The second-order valence-corrected chi connectivity index (χ2v) is 11.2. The number of hydrogen-bond acceptors (Lipinski definition) is 6. The highest BCUT2D eigenvalue weighted by Crippen LogP contribution is 2.34. The van der Waals surface area contributed by atoms with E-state index in [9.17, 15) is 18.0 Å². The summed E-state index contributed by atoms with van der Waals surface area (Å²) < 4.78 is 37.1. The number of benzene rings is 2. The van der Waals surface area contributed by atoms with Gasteiger partial charge < -0.3 is 19.7 Å². The minimum absolute atomic E-state index is 0.0473. The van der Waals surface area contributed by atoms with Crippen LogP contribution in [0.5, 0.6) is 11.5 Å². The van der Waals surface area contributed by atoms with E-state index in [0.717, 1.165) is 10.6 Å². The van der Waals surface area contributed by atoms with Gasteiger partial charge in [-0.1, -0.05) is 29.3 Å². The molecule has 0 fully saturated rings. The molecule has 1 atom stereocenters. The molecule has 2 amide bonds. The van der Waals surface area contributed by atoms with Gasteiger partial charge in [-0.15, -0.1) is 0 Å². The highest BCUT2D eigenvalue weighted by Gasteiger charge is 2.32. The summed E-state index contributed by atoms with van der Waals surface area (Å²) >= 11 is 12.3. The summed E-state index contributed by atoms with van der Waals surface area (Å²) in [4.78, 5) is 27.8. The van der Waals surface area contributed by atoms with E-state index in [-0.39, 0.29) is 24.0 Å². The molecule has 1 N–H and O–H groups in total. The van der Waals surface area contributed by atoms with Crippen LogP contribution in [0.1, 0.15) is 26.3 Å². The molecule has 12 heteroatoms. The van der Waals surface area contributed by atoms with E-state index in [4.69, 9.17) is 32.7 Å². The Balaban J connectivity index is 2.52. The normalized spacial score (nSPS) is 12.1. The number of sulfonamides is 1. The van der Waals surface area contributed by atoms with Gasteiger partial charge in [-0.25, -0.2) is 8.42 Å². The third-order valence-corrected chi connectivity index (χ3v) is 7.00. The van der Waals surface area contributed by atoms with Crippen molar-refractivity contribution in [3.8, 4) is 11.5 Å². The summed E-state index contributed by atoms with van der Waals surface area (Å²) in [5.41, 5.74) is 0.667. The first-order chi connectivity index (χ1) is 16.8. The lowest BCUT2D eigenvalue weighted by Gasteiger charge is -2.32. The maximum atomic E-state index is 13.6. The van der Waals surface area contributed by atoms with E-state index < -0.39 is 34.4 Å². The van der Waals surface area contributed by atoms with Crippen LogP contribution in [-0.2, 0) is 26.2 Å². The molecule has 0 aliphatic heterocycles. The maximum absolute atomic E-state index is 13.6. The second kappa shape index (κ2) is 12.5. The molecule has 0 saturated heterocycles. The second-order valence-electron chi connectivity index (χ2n) is 8.40.